The standard InChI is InChI=1S/C13H16ClNO3/c1-9(2)18-13(16)12(15-17)8-5-10-3-6-11(14)7-4-10/h3-4,6-7,9,17H,5,8H2,1-2H3/b15-12+. The molecule has 1 aromatic rings. The van der Waals surface area contributed by atoms with Crippen molar-refractivity contribution in [2.45, 2.75) is 32.8 Å². The maximum absolute atomic E-state index is 11.5. The van der Waals surface area contributed by atoms with Gasteiger partial charge in [-0.1, -0.05) is 28.9 Å². The Hall–Kier alpha value is -1.55. The molecule has 0 saturated carbocycles. The van der Waals surface area contributed by atoms with E-state index in [1.165, 1.54) is 0 Å². The van der Waals surface area contributed by atoms with Crippen LogP contribution in [0.2, 0.25) is 5.02 Å². The largest absolute Gasteiger partial charge is 0.458 e. The number of ether oxygens (including phenoxy) is 1. The van der Waals surface area contributed by atoms with Crippen LogP contribution in [0.3, 0.4) is 0 Å². The summed E-state index contributed by atoms with van der Waals surface area (Å²) in [5.74, 6) is -0.582. The molecular formula is C13H16ClNO3. The molecule has 0 heterocycles. The molecule has 0 spiro atoms. The molecular weight excluding hydrogens is 254 g/mol. The highest BCUT2D eigenvalue weighted by Gasteiger charge is 2.15. The van der Waals surface area contributed by atoms with E-state index in [4.69, 9.17) is 21.5 Å². The summed E-state index contributed by atoms with van der Waals surface area (Å²) in [5, 5.41) is 12.4. The van der Waals surface area contributed by atoms with Crippen molar-refractivity contribution in [3.8, 4) is 0 Å². The molecule has 0 unspecified atom stereocenters. The van der Waals surface area contributed by atoms with Gasteiger partial charge in [0.1, 0.15) is 0 Å². The number of esters is 1. The van der Waals surface area contributed by atoms with E-state index in [1.807, 2.05) is 12.1 Å². The molecule has 0 bridgehead atoms. The molecule has 1 N–H and O–H groups in total. The van der Waals surface area contributed by atoms with E-state index in [2.05, 4.69) is 5.16 Å². The SMILES string of the molecule is CC(C)OC(=O)/C(CCc1ccc(Cl)cc1)=N/O. The average Bonchev–Trinajstić information content (AvgIpc) is 2.31. The molecule has 4 nitrogen and oxygen atoms in total. The van der Waals surface area contributed by atoms with Gasteiger partial charge in [0.15, 0.2) is 5.71 Å². The van der Waals surface area contributed by atoms with E-state index in [0.29, 0.717) is 17.9 Å². The zero-order chi connectivity index (χ0) is 13.5. The lowest BCUT2D eigenvalue weighted by molar-refractivity contribution is -0.139. The summed E-state index contributed by atoms with van der Waals surface area (Å²) in [4.78, 5) is 11.5. The van der Waals surface area contributed by atoms with E-state index in [9.17, 15) is 4.79 Å². The zero-order valence-corrected chi connectivity index (χ0v) is 11.1. The molecule has 0 aliphatic carbocycles. The molecule has 0 atom stereocenters. The molecule has 0 fully saturated rings. The highest BCUT2D eigenvalue weighted by Crippen LogP contribution is 2.11. The molecule has 1 aromatic carbocycles. The normalized spacial score (nSPS) is 11.7. The summed E-state index contributed by atoms with van der Waals surface area (Å²) in [6.07, 6.45) is 0.678. The van der Waals surface area contributed by atoms with Gasteiger partial charge < -0.3 is 9.94 Å². The number of halogens is 1. The van der Waals surface area contributed by atoms with Crippen LogP contribution in [-0.2, 0) is 16.0 Å². The molecule has 0 radical (unpaired) electrons. The lowest BCUT2D eigenvalue weighted by Crippen LogP contribution is -2.21. The van der Waals surface area contributed by atoms with Crippen LogP contribution in [0.25, 0.3) is 0 Å². The van der Waals surface area contributed by atoms with E-state index in [1.54, 1.807) is 26.0 Å². The highest BCUT2D eigenvalue weighted by molar-refractivity contribution is 6.36. The third-order valence-corrected chi connectivity index (χ3v) is 2.51. The molecule has 0 amide bonds. The Balaban J connectivity index is 2.55. The topological polar surface area (TPSA) is 58.9 Å². The van der Waals surface area contributed by atoms with Gasteiger partial charge in [0, 0.05) is 11.4 Å². The number of hydrogen-bond donors (Lipinski definition) is 1. The van der Waals surface area contributed by atoms with Crippen molar-refractivity contribution < 1.29 is 14.7 Å². The fourth-order valence-electron chi connectivity index (χ4n) is 1.39. The Morgan fingerprint density at radius 1 is 1.39 bits per heavy atom. The molecule has 0 aliphatic rings. The molecule has 98 valence electrons. The van der Waals surface area contributed by atoms with Gasteiger partial charge >= 0.3 is 5.97 Å². The van der Waals surface area contributed by atoms with Crippen LogP contribution in [0, 0.1) is 0 Å². The number of aryl methyl sites for hydroxylation is 1. The lowest BCUT2D eigenvalue weighted by Gasteiger charge is -2.08. The first-order chi connectivity index (χ1) is 8.52. The van der Waals surface area contributed by atoms with Crippen molar-refractivity contribution in [3.05, 3.63) is 34.9 Å². The summed E-state index contributed by atoms with van der Waals surface area (Å²) in [6, 6.07) is 7.29. The van der Waals surface area contributed by atoms with Crippen LogP contribution in [0.1, 0.15) is 25.8 Å². The van der Waals surface area contributed by atoms with Crippen LogP contribution in [-0.4, -0.2) is 23.0 Å². The molecule has 18 heavy (non-hydrogen) atoms. The van der Waals surface area contributed by atoms with Gasteiger partial charge in [0.25, 0.3) is 0 Å². The summed E-state index contributed by atoms with van der Waals surface area (Å²) in [5.41, 5.74) is 1.04. The summed E-state index contributed by atoms with van der Waals surface area (Å²) < 4.78 is 4.96. The van der Waals surface area contributed by atoms with Crippen LogP contribution < -0.4 is 0 Å². The van der Waals surface area contributed by atoms with Gasteiger partial charge in [-0.2, -0.15) is 0 Å². The first-order valence-electron chi connectivity index (χ1n) is 5.69. The maximum atomic E-state index is 11.5. The number of nitrogens with zero attached hydrogens (tertiary/aromatic N) is 1. The van der Waals surface area contributed by atoms with Gasteiger partial charge in [-0.15, -0.1) is 0 Å². The van der Waals surface area contributed by atoms with Crippen molar-refractivity contribution >= 4 is 23.3 Å². The van der Waals surface area contributed by atoms with Crippen molar-refractivity contribution in [3.63, 3.8) is 0 Å². The fourth-order valence-corrected chi connectivity index (χ4v) is 1.51. The number of carbonyl (C=O) groups excluding carboxylic acids is 1. The van der Waals surface area contributed by atoms with Crippen LogP contribution in [0.15, 0.2) is 29.4 Å². The second-order valence-corrected chi connectivity index (χ2v) is 4.56. The van der Waals surface area contributed by atoms with Crippen LogP contribution in [0.4, 0.5) is 0 Å². The molecule has 1 rings (SSSR count). The van der Waals surface area contributed by atoms with E-state index < -0.39 is 5.97 Å². The van der Waals surface area contributed by atoms with E-state index >= 15 is 0 Å². The van der Waals surface area contributed by atoms with Gasteiger partial charge in [0.05, 0.1) is 6.10 Å². The minimum atomic E-state index is -0.582. The van der Waals surface area contributed by atoms with E-state index in [0.717, 1.165) is 5.56 Å². The van der Waals surface area contributed by atoms with Crippen LogP contribution >= 0.6 is 11.6 Å². The first kappa shape index (κ1) is 14.5. The first-order valence-corrected chi connectivity index (χ1v) is 6.07. The van der Waals surface area contributed by atoms with Crippen molar-refractivity contribution in [2.75, 3.05) is 0 Å². The number of rotatable bonds is 5. The lowest BCUT2D eigenvalue weighted by atomic mass is 10.1. The zero-order valence-electron chi connectivity index (χ0n) is 10.4. The predicted octanol–water partition coefficient (Wildman–Crippen LogP) is 3.05. The third-order valence-electron chi connectivity index (χ3n) is 2.26. The Bertz CT molecular complexity index is 426. The minimum Gasteiger partial charge on any atom is -0.458 e. The third kappa shape index (κ3) is 4.75. The van der Waals surface area contributed by atoms with E-state index in [-0.39, 0.29) is 11.8 Å². The summed E-state index contributed by atoms with van der Waals surface area (Å²) >= 11 is 5.77. The van der Waals surface area contributed by atoms with Crippen molar-refractivity contribution in [2.24, 2.45) is 5.16 Å². The number of hydrogen-bond acceptors (Lipinski definition) is 4. The van der Waals surface area contributed by atoms with Gasteiger partial charge in [-0.05, 0) is 38.0 Å². The molecule has 5 heteroatoms. The summed E-state index contributed by atoms with van der Waals surface area (Å²) in [6.45, 7) is 3.48. The Morgan fingerprint density at radius 2 is 2.00 bits per heavy atom. The minimum absolute atomic E-state index is 0.0265. The van der Waals surface area contributed by atoms with Gasteiger partial charge in [0.2, 0.25) is 0 Å². The Morgan fingerprint density at radius 3 is 2.50 bits per heavy atom. The monoisotopic (exact) mass is 269 g/mol. The number of carbonyl (C=O) groups is 1. The highest BCUT2D eigenvalue weighted by atomic mass is 35.5. The quantitative estimate of drug-likeness (QED) is 0.387. The second kappa shape index (κ2) is 7.01. The van der Waals surface area contributed by atoms with Crippen LogP contribution in [0.5, 0.6) is 0 Å². The van der Waals surface area contributed by atoms with Gasteiger partial charge in [-0.25, -0.2) is 4.79 Å². The van der Waals surface area contributed by atoms with Crippen molar-refractivity contribution in [1.82, 2.24) is 0 Å². The number of oxime groups is 1. The average molecular weight is 270 g/mol. The second-order valence-electron chi connectivity index (χ2n) is 4.13. The Kier molecular flexibility index (Phi) is 5.65. The van der Waals surface area contributed by atoms with Gasteiger partial charge in [-0.3, -0.25) is 0 Å². The molecule has 0 aliphatic heterocycles. The summed E-state index contributed by atoms with van der Waals surface area (Å²) in [7, 11) is 0. The smallest absolute Gasteiger partial charge is 0.356 e. The molecule has 0 aromatic heterocycles. The predicted molar refractivity (Wildman–Crippen MR) is 70.2 cm³/mol. The fraction of sp³-hybridized carbons (Fsp3) is 0.385. The Labute approximate surface area is 111 Å². The molecule has 0 saturated heterocycles. The number of benzene rings is 1. The maximum Gasteiger partial charge on any atom is 0.356 e. The van der Waals surface area contributed by atoms with Crippen molar-refractivity contribution in [1.29, 1.82) is 0 Å².